The van der Waals surface area contributed by atoms with Crippen molar-refractivity contribution in [2.24, 2.45) is 17.1 Å². The third kappa shape index (κ3) is 2.29. The monoisotopic (exact) mass is 252 g/mol. The molecule has 1 saturated carbocycles. The summed E-state index contributed by atoms with van der Waals surface area (Å²) < 4.78 is 0. The maximum Gasteiger partial charge on any atom is 0.230 e. The number of hydrogen-bond acceptors (Lipinski definition) is 2. The molecule has 3 heteroatoms. The van der Waals surface area contributed by atoms with Crippen LogP contribution in [0.15, 0.2) is 0 Å². The van der Waals surface area contributed by atoms with E-state index in [2.05, 4.69) is 25.7 Å². The first kappa shape index (κ1) is 13.9. The van der Waals surface area contributed by atoms with E-state index >= 15 is 0 Å². The van der Waals surface area contributed by atoms with Crippen molar-refractivity contribution in [1.82, 2.24) is 4.90 Å². The molecule has 1 aliphatic heterocycles. The topological polar surface area (TPSA) is 46.3 Å². The van der Waals surface area contributed by atoms with Crippen LogP contribution in [0, 0.1) is 11.3 Å². The molecule has 0 spiro atoms. The van der Waals surface area contributed by atoms with E-state index in [1.807, 2.05) is 0 Å². The zero-order valence-electron chi connectivity index (χ0n) is 12.2. The fourth-order valence-corrected chi connectivity index (χ4v) is 3.59. The van der Waals surface area contributed by atoms with Gasteiger partial charge in [0.1, 0.15) is 0 Å². The Morgan fingerprint density at radius 1 is 1.28 bits per heavy atom. The van der Waals surface area contributed by atoms with Crippen molar-refractivity contribution >= 4 is 5.91 Å². The summed E-state index contributed by atoms with van der Waals surface area (Å²) in [5.41, 5.74) is 5.77. The maximum atomic E-state index is 12.9. The number of amides is 1. The lowest BCUT2D eigenvalue weighted by molar-refractivity contribution is -0.147. The van der Waals surface area contributed by atoms with Crippen molar-refractivity contribution in [2.45, 2.75) is 64.8 Å². The van der Waals surface area contributed by atoms with E-state index in [-0.39, 0.29) is 11.0 Å². The van der Waals surface area contributed by atoms with Crippen LogP contribution in [0.2, 0.25) is 0 Å². The van der Waals surface area contributed by atoms with Gasteiger partial charge in [0.2, 0.25) is 5.91 Å². The van der Waals surface area contributed by atoms with Gasteiger partial charge in [-0.25, -0.2) is 0 Å². The van der Waals surface area contributed by atoms with Gasteiger partial charge in [-0.15, -0.1) is 0 Å². The molecular formula is C15H28N2O. The van der Waals surface area contributed by atoms with Crippen LogP contribution in [0.1, 0.15) is 59.3 Å². The van der Waals surface area contributed by atoms with Crippen molar-refractivity contribution < 1.29 is 4.79 Å². The van der Waals surface area contributed by atoms with Gasteiger partial charge in [-0.05, 0) is 58.3 Å². The molecule has 1 aliphatic carbocycles. The van der Waals surface area contributed by atoms with Gasteiger partial charge >= 0.3 is 0 Å². The first-order valence-electron chi connectivity index (χ1n) is 7.43. The van der Waals surface area contributed by atoms with E-state index in [1.54, 1.807) is 0 Å². The lowest BCUT2D eigenvalue weighted by Gasteiger charge is -2.43. The summed E-state index contributed by atoms with van der Waals surface area (Å²) in [6.45, 7) is 8.10. The second-order valence-electron chi connectivity index (χ2n) is 7.04. The Labute approximate surface area is 111 Å². The van der Waals surface area contributed by atoms with E-state index in [9.17, 15) is 4.79 Å². The molecule has 1 amide bonds. The Hall–Kier alpha value is -0.570. The molecule has 18 heavy (non-hydrogen) atoms. The zero-order valence-corrected chi connectivity index (χ0v) is 12.2. The molecule has 0 bridgehead atoms. The van der Waals surface area contributed by atoms with Crippen LogP contribution in [0.4, 0.5) is 0 Å². The number of hydrogen-bond donors (Lipinski definition) is 1. The minimum absolute atomic E-state index is 0.0301. The molecule has 0 radical (unpaired) electrons. The van der Waals surface area contributed by atoms with Gasteiger partial charge in [-0.3, -0.25) is 4.79 Å². The molecule has 2 N–H and O–H groups in total. The fraction of sp³-hybridized carbons (Fsp3) is 0.933. The van der Waals surface area contributed by atoms with Gasteiger partial charge in [-0.1, -0.05) is 6.92 Å². The van der Waals surface area contributed by atoms with Gasteiger partial charge < -0.3 is 10.6 Å². The average molecular weight is 252 g/mol. The first-order chi connectivity index (χ1) is 8.41. The van der Waals surface area contributed by atoms with E-state index in [0.29, 0.717) is 12.5 Å². The number of nitrogens with zero attached hydrogens (tertiary/aromatic N) is 1. The molecule has 1 heterocycles. The highest BCUT2D eigenvalue weighted by atomic mass is 16.2. The van der Waals surface area contributed by atoms with Crippen LogP contribution in [-0.4, -0.2) is 29.4 Å². The molecule has 0 aromatic carbocycles. The summed E-state index contributed by atoms with van der Waals surface area (Å²) in [5.74, 6) is 1.09. The van der Waals surface area contributed by atoms with Gasteiger partial charge in [0.05, 0.1) is 5.41 Å². The number of rotatable bonds is 2. The number of carbonyl (C=O) groups is 1. The molecule has 1 saturated heterocycles. The Morgan fingerprint density at radius 3 is 2.33 bits per heavy atom. The lowest BCUT2D eigenvalue weighted by Crippen LogP contribution is -2.54. The summed E-state index contributed by atoms with van der Waals surface area (Å²) in [6, 6.07) is 0. The van der Waals surface area contributed by atoms with Crippen LogP contribution in [0.3, 0.4) is 0 Å². The molecule has 2 fully saturated rings. The predicted octanol–water partition coefficient (Wildman–Crippen LogP) is 2.54. The van der Waals surface area contributed by atoms with Crippen molar-refractivity contribution in [3.63, 3.8) is 0 Å². The number of likely N-dealkylation sites (tertiary alicyclic amines) is 1. The Balaban J connectivity index is 2.15. The molecule has 104 valence electrons. The van der Waals surface area contributed by atoms with Crippen molar-refractivity contribution in [2.75, 3.05) is 13.1 Å². The van der Waals surface area contributed by atoms with Crippen LogP contribution in [0.5, 0.6) is 0 Å². The van der Waals surface area contributed by atoms with Crippen molar-refractivity contribution in [3.8, 4) is 0 Å². The molecular weight excluding hydrogens is 224 g/mol. The van der Waals surface area contributed by atoms with Gasteiger partial charge in [0.15, 0.2) is 0 Å². The largest absolute Gasteiger partial charge is 0.337 e. The van der Waals surface area contributed by atoms with Crippen LogP contribution >= 0.6 is 0 Å². The molecule has 2 aliphatic rings. The molecule has 0 unspecified atom stereocenters. The predicted molar refractivity (Wildman–Crippen MR) is 74.1 cm³/mol. The van der Waals surface area contributed by atoms with Crippen LogP contribution in [0.25, 0.3) is 0 Å². The van der Waals surface area contributed by atoms with Crippen LogP contribution < -0.4 is 5.73 Å². The van der Waals surface area contributed by atoms with Crippen LogP contribution in [-0.2, 0) is 4.79 Å². The van der Waals surface area contributed by atoms with Gasteiger partial charge in [0, 0.05) is 18.6 Å². The summed E-state index contributed by atoms with van der Waals surface area (Å²) in [4.78, 5) is 15.0. The lowest BCUT2D eigenvalue weighted by atomic mass is 9.69. The first-order valence-corrected chi connectivity index (χ1v) is 7.43. The van der Waals surface area contributed by atoms with E-state index in [0.717, 1.165) is 51.0 Å². The number of carbonyl (C=O) groups excluding carboxylic acids is 1. The highest BCUT2D eigenvalue weighted by Crippen LogP contribution is 2.42. The molecule has 2 rings (SSSR count). The normalized spacial score (nSPS) is 35.8. The van der Waals surface area contributed by atoms with E-state index in [4.69, 9.17) is 5.73 Å². The third-order valence-corrected chi connectivity index (χ3v) is 5.22. The minimum atomic E-state index is -0.256. The highest BCUT2D eigenvalue weighted by molar-refractivity contribution is 5.84. The second kappa shape index (κ2) is 4.84. The fourth-order valence-electron chi connectivity index (χ4n) is 3.59. The second-order valence-corrected chi connectivity index (χ2v) is 7.04. The summed E-state index contributed by atoms with van der Waals surface area (Å²) in [5, 5.41) is 0. The minimum Gasteiger partial charge on any atom is -0.337 e. The van der Waals surface area contributed by atoms with E-state index in [1.165, 1.54) is 0 Å². The maximum absolute atomic E-state index is 12.9. The van der Waals surface area contributed by atoms with E-state index < -0.39 is 0 Å². The quantitative estimate of drug-likeness (QED) is 0.821. The number of nitrogens with two attached hydrogens (primary N) is 1. The Bertz CT molecular complexity index is 316. The zero-order chi connectivity index (χ0) is 13.4. The van der Waals surface area contributed by atoms with Gasteiger partial charge in [-0.2, -0.15) is 0 Å². The standard InChI is InChI=1S/C15H28N2O/c1-12-5-8-15(11-16,9-6-12)13(18)17-10-4-7-14(17,2)3/h12H,4-11,16H2,1-3H3. The van der Waals surface area contributed by atoms with Crippen molar-refractivity contribution in [1.29, 1.82) is 0 Å². The molecule has 0 atom stereocenters. The highest BCUT2D eigenvalue weighted by Gasteiger charge is 2.46. The SMILES string of the molecule is CC1CCC(CN)(C(=O)N2CCCC2(C)C)CC1. The summed E-state index contributed by atoms with van der Waals surface area (Å²) in [6.07, 6.45) is 6.52. The van der Waals surface area contributed by atoms with Gasteiger partial charge in [0.25, 0.3) is 0 Å². The Kier molecular flexibility index (Phi) is 3.72. The molecule has 3 nitrogen and oxygen atoms in total. The average Bonchev–Trinajstić information content (AvgIpc) is 2.69. The molecule has 0 aromatic rings. The Morgan fingerprint density at radius 2 is 1.89 bits per heavy atom. The summed E-state index contributed by atoms with van der Waals surface area (Å²) >= 11 is 0. The summed E-state index contributed by atoms with van der Waals surface area (Å²) in [7, 11) is 0. The molecule has 0 aromatic heterocycles. The smallest absolute Gasteiger partial charge is 0.230 e. The van der Waals surface area contributed by atoms with Crippen molar-refractivity contribution in [3.05, 3.63) is 0 Å². The third-order valence-electron chi connectivity index (χ3n) is 5.22.